The summed E-state index contributed by atoms with van der Waals surface area (Å²) in [6.45, 7) is 6.29. The number of hydrogen-bond donors (Lipinski definition) is 0. The zero-order valence-electron chi connectivity index (χ0n) is 12.2. The van der Waals surface area contributed by atoms with Crippen LogP contribution in [0.1, 0.15) is 24.2 Å². The van der Waals surface area contributed by atoms with Crippen LogP contribution in [0, 0.1) is 6.92 Å². The molecule has 2 aliphatic heterocycles. The molecule has 0 unspecified atom stereocenters. The maximum Gasteiger partial charge on any atom is 0.170 e. The van der Waals surface area contributed by atoms with E-state index in [2.05, 4.69) is 9.88 Å². The van der Waals surface area contributed by atoms with Gasteiger partial charge in [-0.2, -0.15) is 0 Å². The molecule has 1 aromatic heterocycles. The number of rotatable bonds is 3. The van der Waals surface area contributed by atoms with Crippen LogP contribution in [0.4, 0.5) is 0 Å². The van der Waals surface area contributed by atoms with Crippen LogP contribution in [0.3, 0.4) is 0 Å². The van der Waals surface area contributed by atoms with Gasteiger partial charge in [-0.1, -0.05) is 0 Å². The Bertz CT molecular complexity index is 462. The van der Waals surface area contributed by atoms with Gasteiger partial charge < -0.3 is 14.2 Å². The molecule has 0 amide bonds. The van der Waals surface area contributed by atoms with Gasteiger partial charge in [-0.15, -0.1) is 0 Å². The van der Waals surface area contributed by atoms with Crippen molar-refractivity contribution in [3.05, 3.63) is 23.5 Å². The largest absolute Gasteiger partial charge is 0.497 e. The van der Waals surface area contributed by atoms with Gasteiger partial charge in [-0.05, 0) is 6.92 Å². The zero-order valence-corrected chi connectivity index (χ0v) is 12.2. The first kappa shape index (κ1) is 13.8. The SMILES string of the molecule is COc1cc(C)nc(CN2CCC3(CC2)OCCO3)c1. The van der Waals surface area contributed by atoms with Crippen molar-refractivity contribution in [1.82, 2.24) is 9.88 Å². The maximum absolute atomic E-state index is 5.75. The van der Waals surface area contributed by atoms with Crippen LogP contribution < -0.4 is 4.74 Å². The van der Waals surface area contributed by atoms with Crippen LogP contribution >= 0.6 is 0 Å². The molecule has 2 aliphatic rings. The lowest BCUT2D eigenvalue weighted by atomic mass is 10.0. The molecule has 0 radical (unpaired) electrons. The van der Waals surface area contributed by atoms with Crippen LogP contribution in [-0.2, 0) is 16.0 Å². The quantitative estimate of drug-likeness (QED) is 0.842. The van der Waals surface area contributed by atoms with Gasteiger partial charge in [-0.25, -0.2) is 0 Å². The molecule has 3 heterocycles. The fourth-order valence-corrected chi connectivity index (χ4v) is 2.97. The number of aryl methyl sites for hydroxylation is 1. The summed E-state index contributed by atoms with van der Waals surface area (Å²) in [5.41, 5.74) is 2.06. The van der Waals surface area contributed by atoms with Gasteiger partial charge in [0.05, 0.1) is 26.0 Å². The van der Waals surface area contributed by atoms with Crippen molar-refractivity contribution in [2.45, 2.75) is 32.1 Å². The molecule has 20 heavy (non-hydrogen) atoms. The Kier molecular flexibility index (Phi) is 3.92. The number of methoxy groups -OCH3 is 1. The van der Waals surface area contributed by atoms with Crippen molar-refractivity contribution >= 4 is 0 Å². The average Bonchev–Trinajstić information content (AvgIpc) is 2.89. The first-order valence-corrected chi connectivity index (χ1v) is 7.21. The highest BCUT2D eigenvalue weighted by Gasteiger charge is 2.39. The summed E-state index contributed by atoms with van der Waals surface area (Å²) >= 11 is 0. The molecule has 0 atom stereocenters. The molecule has 0 aromatic carbocycles. The molecule has 1 spiro atoms. The zero-order chi connectivity index (χ0) is 14.0. The van der Waals surface area contributed by atoms with Crippen LogP contribution in [0.15, 0.2) is 12.1 Å². The van der Waals surface area contributed by atoms with Crippen LogP contribution in [0.2, 0.25) is 0 Å². The van der Waals surface area contributed by atoms with Crippen LogP contribution in [-0.4, -0.2) is 49.1 Å². The molecule has 0 bridgehead atoms. The highest BCUT2D eigenvalue weighted by Crippen LogP contribution is 2.31. The molecular weight excluding hydrogens is 256 g/mol. The Hall–Kier alpha value is -1.17. The average molecular weight is 278 g/mol. The summed E-state index contributed by atoms with van der Waals surface area (Å²) in [7, 11) is 1.69. The van der Waals surface area contributed by atoms with E-state index >= 15 is 0 Å². The molecule has 110 valence electrons. The van der Waals surface area contributed by atoms with E-state index in [4.69, 9.17) is 14.2 Å². The third kappa shape index (κ3) is 2.95. The van der Waals surface area contributed by atoms with Crippen molar-refractivity contribution in [2.24, 2.45) is 0 Å². The number of piperidine rings is 1. The molecule has 0 saturated carbocycles. The van der Waals surface area contributed by atoms with Crippen molar-refractivity contribution in [1.29, 1.82) is 0 Å². The number of aromatic nitrogens is 1. The normalized spacial score (nSPS) is 22.3. The van der Waals surface area contributed by atoms with Gasteiger partial charge in [0.25, 0.3) is 0 Å². The Morgan fingerprint density at radius 1 is 1.25 bits per heavy atom. The molecule has 1 aromatic rings. The Labute approximate surface area is 119 Å². The predicted octanol–water partition coefficient (Wildman–Crippen LogP) is 1.74. The van der Waals surface area contributed by atoms with E-state index in [1.807, 2.05) is 19.1 Å². The van der Waals surface area contributed by atoms with Crippen molar-refractivity contribution in [3.63, 3.8) is 0 Å². The summed E-state index contributed by atoms with van der Waals surface area (Å²) in [5, 5.41) is 0. The fourth-order valence-electron chi connectivity index (χ4n) is 2.97. The van der Waals surface area contributed by atoms with Crippen molar-refractivity contribution in [2.75, 3.05) is 33.4 Å². The number of hydrogen-bond acceptors (Lipinski definition) is 5. The Morgan fingerprint density at radius 3 is 2.60 bits per heavy atom. The summed E-state index contributed by atoms with van der Waals surface area (Å²) in [6.07, 6.45) is 1.88. The summed E-state index contributed by atoms with van der Waals surface area (Å²) < 4.78 is 16.8. The van der Waals surface area contributed by atoms with Gasteiger partial charge in [0.1, 0.15) is 5.75 Å². The second-order valence-electron chi connectivity index (χ2n) is 5.52. The Morgan fingerprint density at radius 2 is 1.95 bits per heavy atom. The third-order valence-corrected chi connectivity index (χ3v) is 4.03. The first-order chi connectivity index (χ1) is 9.69. The number of ether oxygens (including phenoxy) is 3. The summed E-state index contributed by atoms with van der Waals surface area (Å²) in [4.78, 5) is 6.98. The van der Waals surface area contributed by atoms with E-state index in [9.17, 15) is 0 Å². The number of pyridine rings is 1. The monoisotopic (exact) mass is 278 g/mol. The minimum atomic E-state index is -0.297. The Balaban J connectivity index is 1.60. The topological polar surface area (TPSA) is 43.8 Å². The number of likely N-dealkylation sites (tertiary alicyclic amines) is 1. The smallest absolute Gasteiger partial charge is 0.170 e. The predicted molar refractivity (Wildman–Crippen MR) is 74.7 cm³/mol. The van der Waals surface area contributed by atoms with E-state index in [0.29, 0.717) is 0 Å². The lowest BCUT2D eigenvalue weighted by molar-refractivity contribution is -0.185. The maximum atomic E-state index is 5.75. The van der Waals surface area contributed by atoms with Crippen molar-refractivity contribution < 1.29 is 14.2 Å². The standard InChI is InChI=1S/C15H22N2O3/c1-12-9-14(18-2)10-13(16-12)11-17-5-3-15(4-6-17)19-7-8-20-15/h9-10H,3-8,11H2,1-2H3. The van der Waals surface area contributed by atoms with E-state index in [1.165, 1.54) is 0 Å². The fraction of sp³-hybridized carbons (Fsp3) is 0.667. The van der Waals surface area contributed by atoms with Gasteiger partial charge in [0, 0.05) is 50.3 Å². The molecule has 2 saturated heterocycles. The van der Waals surface area contributed by atoms with Crippen molar-refractivity contribution in [3.8, 4) is 5.75 Å². The second kappa shape index (κ2) is 5.68. The summed E-state index contributed by atoms with van der Waals surface area (Å²) in [5.74, 6) is 0.581. The minimum Gasteiger partial charge on any atom is -0.497 e. The molecule has 5 heteroatoms. The first-order valence-electron chi connectivity index (χ1n) is 7.21. The molecule has 2 fully saturated rings. The molecule has 5 nitrogen and oxygen atoms in total. The third-order valence-electron chi connectivity index (χ3n) is 4.03. The van der Waals surface area contributed by atoms with E-state index in [0.717, 1.165) is 62.8 Å². The lowest BCUT2D eigenvalue weighted by Gasteiger charge is -2.37. The molecule has 0 aliphatic carbocycles. The molecule has 3 rings (SSSR count). The number of nitrogens with zero attached hydrogens (tertiary/aromatic N) is 2. The highest BCUT2D eigenvalue weighted by atomic mass is 16.7. The van der Waals surface area contributed by atoms with Crippen LogP contribution in [0.25, 0.3) is 0 Å². The second-order valence-corrected chi connectivity index (χ2v) is 5.52. The van der Waals surface area contributed by atoms with E-state index in [-0.39, 0.29) is 5.79 Å². The molecule has 0 N–H and O–H groups in total. The molecular formula is C15H22N2O3. The van der Waals surface area contributed by atoms with Gasteiger partial charge in [-0.3, -0.25) is 9.88 Å². The lowest BCUT2D eigenvalue weighted by Crippen LogP contribution is -2.44. The van der Waals surface area contributed by atoms with Gasteiger partial charge in [0.15, 0.2) is 5.79 Å². The van der Waals surface area contributed by atoms with Gasteiger partial charge >= 0.3 is 0 Å². The minimum absolute atomic E-state index is 0.297. The van der Waals surface area contributed by atoms with Crippen LogP contribution in [0.5, 0.6) is 5.75 Å². The van der Waals surface area contributed by atoms with E-state index in [1.54, 1.807) is 7.11 Å². The van der Waals surface area contributed by atoms with E-state index < -0.39 is 0 Å². The highest BCUT2D eigenvalue weighted by molar-refractivity contribution is 5.26. The summed E-state index contributed by atoms with van der Waals surface area (Å²) in [6, 6.07) is 3.97. The van der Waals surface area contributed by atoms with Gasteiger partial charge in [0.2, 0.25) is 0 Å².